The van der Waals surface area contributed by atoms with Gasteiger partial charge in [0.05, 0.1) is 6.42 Å². The van der Waals surface area contributed by atoms with Crippen LogP contribution in [0.15, 0.2) is 0 Å². The fraction of sp³-hybridized carbons (Fsp3) is 0.556. The zero-order chi connectivity index (χ0) is 14.4. The van der Waals surface area contributed by atoms with Crippen LogP contribution in [0.25, 0.3) is 0 Å². The molecule has 0 aromatic heterocycles. The van der Waals surface area contributed by atoms with E-state index in [-0.39, 0.29) is 23.9 Å². The Bertz CT molecular complexity index is 595. The van der Waals surface area contributed by atoms with Crippen LogP contribution >= 0.6 is 0 Å². The molecular formula is C18H22O2. The minimum absolute atomic E-state index is 0.121. The number of rotatable bonds is 1. The lowest BCUT2D eigenvalue weighted by Crippen LogP contribution is -2.23. The van der Waals surface area contributed by atoms with Gasteiger partial charge in [-0.1, -0.05) is 0 Å². The summed E-state index contributed by atoms with van der Waals surface area (Å²) in [5.41, 5.74) is 8.38. The van der Waals surface area contributed by atoms with Gasteiger partial charge >= 0.3 is 0 Å². The van der Waals surface area contributed by atoms with Crippen LogP contribution in [0.2, 0.25) is 0 Å². The van der Waals surface area contributed by atoms with Crippen LogP contribution in [0, 0.1) is 20.8 Å². The fourth-order valence-corrected chi connectivity index (χ4v) is 4.13. The van der Waals surface area contributed by atoms with Crippen LogP contribution in [-0.4, -0.2) is 11.6 Å². The SMILES string of the molecule is Cc1c(C)c2c(c(C3CC(=O)CC(=O)C3)c1C)CCC2. The predicted octanol–water partition coefficient (Wildman–Crippen LogP) is 3.51. The molecule has 3 rings (SSSR count). The summed E-state index contributed by atoms with van der Waals surface area (Å²) >= 11 is 0. The van der Waals surface area contributed by atoms with Crippen molar-refractivity contribution in [1.82, 2.24) is 0 Å². The predicted molar refractivity (Wildman–Crippen MR) is 79.3 cm³/mol. The van der Waals surface area contributed by atoms with Crippen molar-refractivity contribution in [2.75, 3.05) is 0 Å². The molecule has 0 bridgehead atoms. The highest BCUT2D eigenvalue weighted by Gasteiger charge is 2.32. The summed E-state index contributed by atoms with van der Waals surface area (Å²) in [5, 5.41) is 0. The van der Waals surface area contributed by atoms with Gasteiger partial charge in [0, 0.05) is 12.8 Å². The molecule has 0 amide bonds. The van der Waals surface area contributed by atoms with Gasteiger partial charge in [0.2, 0.25) is 0 Å². The van der Waals surface area contributed by atoms with E-state index in [1.54, 1.807) is 0 Å². The van der Waals surface area contributed by atoms with Crippen molar-refractivity contribution in [3.8, 4) is 0 Å². The highest BCUT2D eigenvalue weighted by Crippen LogP contribution is 2.41. The summed E-state index contributed by atoms with van der Waals surface area (Å²) in [6, 6.07) is 0. The topological polar surface area (TPSA) is 34.1 Å². The van der Waals surface area contributed by atoms with E-state index in [0.29, 0.717) is 12.8 Å². The quantitative estimate of drug-likeness (QED) is 0.732. The number of hydrogen-bond acceptors (Lipinski definition) is 2. The molecule has 0 saturated heterocycles. The van der Waals surface area contributed by atoms with Gasteiger partial charge in [0.25, 0.3) is 0 Å². The molecule has 1 fully saturated rings. The van der Waals surface area contributed by atoms with Crippen molar-refractivity contribution < 1.29 is 9.59 Å². The van der Waals surface area contributed by atoms with Gasteiger partial charge in [-0.05, 0) is 79.3 Å². The molecule has 0 radical (unpaired) electrons. The second kappa shape index (κ2) is 4.83. The van der Waals surface area contributed by atoms with E-state index in [4.69, 9.17) is 0 Å². The molecule has 2 nitrogen and oxygen atoms in total. The Balaban J connectivity index is 2.14. The molecule has 0 unspecified atom stereocenters. The lowest BCUT2D eigenvalue weighted by Gasteiger charge is -2.27. The zero-order valence-electron chi connectivity index (χ0n) is 12.6. The average molecular weight is 270 g/mol. The van der Waals surface area contributed by atoms with Gasteiger partial charge in [-0.2, -0.15) is 0 Å². The van der Waals surface area contributed by atoms with Crippen LogP contribution in [0.5, 0.6) is 0 Å². The van der Waals surface area contributed by atoms with E-state index in [9.17, 15) is 9.59 Å². The van der Waals surface area contributed by atoms with Gasteiger partial charge in [-0.25, -0.2) is 0 Å². The van der Waals surface area contributed by atoms with E-state index in [0.717, 1.165) is 12.8 Å². The number of Topliss-reactive ketones (excluding diaryl/α,β-unsaturated/α-hetero) is 2. The van der Waals surface area contributed by atoms with Crippen LogP contribution in [0.3, 0.4) is 0 Å². The Morgan fingerprint density at radius 1 is 0.800 bits per heavy atom. The molecule has 1 aromatic rings. The number of benzene rings is 1. The van der Waals surface area contributed by atoms with Crippen LogP contribution in [-0.2, 0) is 22.4 Å². The molecule has 106 valence electrons. The van der Waals surface area contributed by atoms with Gasteiger partial charge in [-0.3, -0.25) is 9.59 Å². The first-order valence-corrected chi connectivity index (χ1v) is 7.63. The number of hydrogen-bond donors (Lipinski definition) is 0. The third kappa shape index (κ3) is 2.02. The van der Waals surface area contributed by atoms with Crippen molar-refractivity contribution in [3.05, 3.63) is 33.4 Å². The number of ketones is 2. The van der Waals surface area contributed by atoms with E-state index >= 15 is 0 Å². The minimum atomic E-state index is 0.121. The number of carbonyl (C=O) groups is 2. The van der Waals surface area contributed by atoms with Crippen LogP contribution in [0.1, 0.15) is 65.0 Å². The minimum Gasteiger partial charge on any atom is -0.299 e. The molecule has 0 N–H and O–H groups in total. The van der Waals surface area contributed by atoms with E-state index in [2.05, 4.69) is 20.8 Å². The highest BCUT2D eigenvalue weighted by molar-refractivity contribution is 6.02. The van der Waals surface area contributed by atoms with Crippen molar-refractivity contribution in [1.29, 1.82) is 0 Å². The Morgan fingerprint density at radius 2 is 1.40 bits per heavy atom. The molecule has 2 heteroatoms. The van der Waals surface area contributed by atoms with Crippen molar-refractivity contribution >= 4 is 11.6 Å². The first kappa shape index (κ1) is 13.5. The molecule has 20 heavy (non-hydrogen) atoms. The molecule has 2 aliphatic rings. The molecule has 1 saturated carbocycles. The average Bonchev–Trinajstić information content (AvgIpc) is 2.84. The lowest BCUT2D eigenvalue weighted by molar-refractivity contribution is -0.130. The maximum absolute atomic E-state index is 11.8. The largest absolute Gasteiger partial charge is 0.299 e. The maximum Gasteiger partial charge on any atom is 0.140 e. The lowest BCUT2D eigenvalue weighted by atomic mass is 9.76. The molecule has 2 aliphatic carbocycles. The normalized spacial score (nSPS) is 19.6. The summed E-state index contributed by atoms with van der Waals surface area (Å²) in [6.07, 6.45) is 4.75. The Labute approximate surface area is 120 Å². The molecule has 1 aromatic carbocycles. The third-order valence-electron chi connectivity index (χ3n) is 5.28. The second-order valence-electron chi connectivity index (χ2n) is 6.46. The van der Waals surface area contributed by atoms with E-state index in [1.165, 1.54) is 39.8 Å². The summed E-state index contributed by atoms with van der Waals surface area (Å²) in [4.78, 5) is 23.6. The Hall–Kier alpha value is -1.44. The molecule has 0 aliphatic heterocycles. The summed E-state index contributed by atoms with van der Waals surface area (Å²) in [7, 11) is 0. The van der Waals surface area contributed by atoms with Crippen LogP contribution in [0.4, 0.5) is 0 Å². The van der Waals surface area contributed by atoms with Gasteiger partial charge in [0.15, 0.2) is 0 Å². The summed E-state index contributed by atoms with van der Waals surface area (Å²) in [6.45, 7) is 6.56. The monoisotopic (exact) mass is 270 g/mol. The maximum atomic E-state index is 11.8. The molecule has 0 atom stereocenters. The van der Waals surface area contributed by atoms with E-state index < -0.39 is 0 Å². The fourth-order valence-electron chi connectivity index (χ4n) is 4.13. The Morgan fingerprint density at radius 3 is 2.05 bits per heavy atom. The van der Waals surface area contributed by atoms with Crippen molar-refractivity contribution in [2.24, 2.45) is 0 Å². The van der Waals surface area contributed by atoms with Gasteiger partial charge in [-0.15, -0.1) is 0 Å². The first-order chi connectivity index (χ1) is 9.49. The summed E-state index contributed by atoms with van der Waals surface area (Å²) in [5.74, 6) is 0.376. The third-order valence-corrected chi connectivity index (χ3v) is 5.28. The first-order valence-electron chi connectivity index (χ1n) is 7.63. The zero-order valence-corrected chi connectivity index (χ0v) is 12.6. The standard InChI is InChI=1S/C18H22O2/c1-10-11(2)16-5-4-6-17(16)18(12(10)3)13-7-14(19)9-15(20)8-13/h13H,4-9H2,1-3H3. The molecular weight excluding hydrogens is 248 g/mol. The number of fused-ring (bicyclic) bond motifs is 1. The van der Waals surface area contributed by atoms with E-state index in [1.807, 2.05) is 0 Å². The smallest absolute Gasteiger partial charge is 0.140 e. The number of carbonyl (C=O) groups excluding carboxylic acids is 2. The van der Waals surface area contributed by atoms with Gasteiger partial charge < -0.3 is 0 Å². The van der Waals surface area contributed by atoms with Crippen molar-refractivity contribution in [3.63, 3.8) is 0 Å². The molecule has 0 heterocycles. The second-order valence-corrected chi connectivity index (χ2v) is 6.46. The van der Waals surface area contributed by atoms with Crippen LogP contribution < -0.4 is 0 Å². The molecule has 0 spiro atoms. The Kier molecular flexibility index (Phi) is 3.27. The summed E-state index contributed by atoms with van der Waals surface area (Å²) < 4.78 is 0. The van der Waals surface area contributed by atoms with Crippen molar-refractivity contribution in [2.45, 2.75) is 65.2 Å². The van der Waals surface area contributed by atoms with Gasteiger partial charge in [0.1, 0.15) is 11.6 Å². The highest BCUT2D eigenvalue weighted by atomic mass is 16.1.